The molecule has 1 aromatic heterocycles. The summed E-state index contributed by atoms with van der Waals surface area (Å²) >= 11 is 12.0. The maximum Gasteiger partial charge on any atom is 0.240 e. The number of hydrogen-bond acceptors (Lipinski definition) is 2. The van der Waals surface area contributed by atoms with Crippen molar-refractivity contribution < 1.29 is 4.79 Å². The predicted molar refractivity (Wildman–Crippen MR) is 82.5 cm³/mol. The van der Waals surface area contributed by atoms with Gasteiger partial charge in [-0.05, 0) is 18.6 Å². The molecule has 6 heteroatoms. The van der Waals surface area contributed by atoms with Crippen LogP contribution < -0.4 is 5.32 Å². The van der Waals surface area contributed by atoms with Gasteiger partial charge in [0.2, 0.25) is 5.91 Å². The van der Waals surface area contributed by atoms with E-state index in [4.69, 9.17) is 23.2 Å². The van der Waals surface area contributed by atoms with Crippen molar-refractivity contribution in [2.75, 3.05) is 12.4 Å². The molecule has 0 atom stereocenters. The number of alkyl halides is 1. The third-order valence-electron chi connectivity index (χ3n) is 2.99. The van der Waals surface area contributed by atoms with Crippen LogP contribution in [0.1, 0.15) is 19.2 Å². The van der Waals surface area contributed by atoms with Gasteiger partial charge in [-0.25, -0.2) is 4.98 Å². The Morgan fingerprint density at radius 1 is 1.45 bits per heavy atom. The van der Waals surface area contributed by atoms with E-state index < -0.39 is 0 Å². The summed E-state index contributed by atoms with van der Waals surface area (Å²) in [7, 11) is 0. The van der Waals surface area contributed by atoms with E-state index >= 15 is 0 Å². The van der Waals surface area contributed by atoms with Crippen molar-refractivity contribution in [2.45, 2.75) is 26.3 Å². The molecule has 1 heterocycles. The number of aromatic nitrogens is 2. The monoisotopic (exact) mass is 313 g/mol. The fourth-order valence-electron chi connectivity index (χ4n) is 2.10. The van der Waals surface area contributed by atoms with Crippen LogP contribution in [-0.2, 0) is 17.8 Å². The van der Waals surface area contributed by atoms with Crippen LogP contribution in [0, 0.1) is 0 Å². The zero-order valence-corrected chi connectivity index (χ0v) is 12.8. The largest absolute Gasteiger partial charge is 0.355 e. The number of rotatable bonds is 6. The lowest BCUT2D eigenvalue weighted by molar-refractivity contribution is -0.121. The third kappa shape index (κ3) is 3.25. The van der Waals surface area contributed by atoms with Crippen molar-refractivity contribution in [1.82, 2.24) is 14.9 Å². The average Bonchev–Trinajstić information content (AvgIpc) is 2.76. The summed E-state index contributed by atoms with van der Waals surface area (Å²) in [5.74, 6) is 1.20. The van der Waals surface area contributed by atoms with Gasteiger partial charge >= 0.3 is 0 Å². The zero-order chi connectivity index (χ0) is 14.5. The van der Waals surface area contributed by atoms with Gasteiger partial charge in [-0.3, -0.25) is 4.79 Å². The molecule has 1 N–H and O–H groups in total. The number of para-hydroxylation sites is 1. The zero-order valence-electron chi connectivity index (χ0n) is 11.3. The molecule has 0 spiro atoms. The van der Waals surface area contributed by atoms with Crippen LogP contribution in [-0.4, -0.2) is 27.9 Å². The van der Waals surface area contributed by atoms with Gasteiger partial charge in [-0.2, -0.15) is 0 Å². The normalized spacial score (nSPS) is 10.9. The van der Waals surface area contributed by atoms with E-state index in [9.17, 15) is 4.79 Å². The number of nitrogens with zero attached hydrogens (tertiary/aromatic N) is 2. The number of carbonyl (C=O) groups is 1. The lowest BCUT2D eigenvalue weighted by atomic mass is 10.3. The first-order valence-electron chi connectivity index (χ1n) is 6.63. The highest BCUT2D eigenvalue weighted by atomic mass is 35.5. The van der Waals surface area contributed by atoms with Crippen molar-refractivity contribution in [2.24, 2.45) is 0 Å². The maximum absolute atomic E-state index is 11.9. The minimum Gasteiger partial charge on any atom is -0.355 e. The van der Waals surface area contributed by atoms with Crippen LogP contribution in [0.5, 0.6) is 0 Å². The minimum atomic E-state index is -0.0399. The second-order valence-electron chi connectivity index (χ2n) is 4.51. The number of hydrogen-bond donors (Lipinski definition) is 1. The summed E-state index contributed by atoms with van der Waals surface area (Å²) in [6.07, 6.45) is 1.51. The van der Waals surface area contributed by atoms with Gasteiger partial charge in [0.1, 0.15) is 12.4 Å². The molecule has 4 nitrogen and oxygen atoms in total. The lowest BCUT2D eigenvalue weighted by Crippen LogP contribution is -2.28. The van der Waals surface area contributed by atoms with Gasteiger partial charge in [0, 0.05) is 18.8 Å². The quantitative estimate of drug-likeness (QED) is 0.833. The van der Waals surface area contributed by atoms with Gasteiger partial charge in [-0.15, -0.1) is 11.6 Å². The Balaban J connectivity index is 2.37. The molecule has 1 aromatic carbocycles. The van der Waals surface area contributed by atoms with E-state index in [1.807, 2.05) is 23.6 Å². The number of nitrogens with one attached hydrogen (secondary N) is 1. The first-order chi connectivity index (χ1) is 9.67. The highest BCUT2D eigenvalue weighted by Gasteiger charge is 2.15. The van der Waals surface area contributed by atoms with E-state index in [0.29, 0.717) is 23.9 Å². The molecule has 0 bridgehead atoms. The molecular formula is C14H17Cl2N3O. The molecule has 0 aliphatic carbocycles. The van der Waals surface area contributed by atoms with Gasteiger partial charge in [0.05, 0.1) is 16.1 Å². The second kappa shape index (κ2) is 6.95. The van der Waals surface area contributed by atoms with Crippen molar-refractivity contribution >= 4 is 40.1 Å². The maximum atomic E-state index is 11.9. The predicted octanol–water partition coefficient (Wildman–Crippen LogP) is 3.00. The second-order valence-corrected chi connectivity index (χ2v) is 5.30. The SMILES string of the molecule is CCCNC(=O)Cn1c(CCCl)nc2cccc(Cl)c21. The molecule has 2 aromatic rings. The first kappa shape index (κ1) is 15.1. The number of fused-ring (bicyclic) bond motifs is 1. The molecule has 0 aliphatic heterocycles. The van der Waals surface area contributed by atoms with Crippen LogP contribution >= 0.6 is 23.2 Å². The Labute approximate surface area is 128 Å². The fourth-order valence-corrected chi connectivity index (χ4v) is 2.54. The Bertz CT molecular complexity index is 610. The Kier molecular flexibility index (Phi) is 5.26. The van der Waals surface area contributed by atoms with E-state index in [1.54, 1.807) is 6.07 Å². The average molecular weight is 314 g/mol. The molecule has 0 aliphatic rings. The smallest absolute Gasteiger partial charge is 0.240 e. The summed E-state index contributed by atoms with van der Waals surface area (Å²) in [4.78, 5) is 16.5. The Morgan fingerprint density at radius 2 is 2.25 bits per heavy atom. The van der Waals surface area contributed by atoms with Crippen LogP contribution in [0.25, 0.3) is 11.0 Å². The molecule has 0 saturated carbocycles. The topological polar surface area (TPSA) is 46.9 Å². The molecule has 1 amide bonds. The summed E-state index contributed by atoms with van der Waals surface area (Å²) in [5.41, 5.74) is 1.59. The van der Waals surface area contributed by atoms with Crippen molar-refractivity contribution in [3.8, 4) is 0 Å². The summed E-state index contributed by atoms with van der Waals surface area (Å²) < 4.78 is 1.85. The minimum absolute atomic E-state index is 0.0399. The van der Waals surface area contributed by atoms with Gasteiger partial charge in [0.15, 0.2) is 0 Å². The van der Waals surface area contributed by atoms with Crippen molar-refractivity contribution in [3.63, 3.8) is 0 Å². The Hall–Kier alpha value is -1.26. The fraction of sp³-hybridized carbons (Fsp3) is 0.429. The number of imidazole rings is 1. The molecule has 0 fully saturated rings. The van der Waals surface area contributed by atoms with Gasteiger partial charge < -0.3 is 9.88 Å². The first-order valence-corrected chi connectivity index (χ1v) is 7.55. The molecule has 0 unspecified atom stereocenters. The van der Waals surface area contributed by atoms with Crippen molar-refractivity contribution in [3.05, 3.63) is 29.0 Å². The van der Waals surface area contributed by atoms with Crippen LogP contribution in [0.4, 0.5) is 0 Å². The number of benzene rings is 1. The highest BCUT2D eigenvalue weighted by molar-refractivity contribution is 6.35. The molecule has 108 valence electrons. The summed E-state index contributed by atoms with van der Waals surface area (Å²) in [6, 6.07) is 5.54. The molecule has 20 heavy (non-hydrogen) atoms. The van der Waals surface area contributed by atoms with E-state index in [0.717, 1.165) is 23.3 Å². The van der Waals surface area contributed by atoms with E-state index in [2.05, 4.69) is 10.3 Å². The van der Waals surface area contributed by atoms with Gasteiger partial charge in [0.25, 0.3) is 0 Å². The highest BCUT2D eigenvalue weighted by Crippen LogP contribution is 2.24. The standard InChI is InChI=1S/C14H17Cl2N3O/c1-2-8-17-13(20)9-19-12(6-7-15)18-11-5-3-4-10(16)14(11)19/h3-5H,2,6-9H2,1H3,(H,17,20). The van der Waals surface area contributed by atoms with E-state index in [-0.39, 0.29) is 12.5 Å². The van der Waals surface area contributed by atoms with Crippen molar-refractivity contribution in [1.29, 1.82) is 0 Å². The number of amides is 1. The number of carbonyl (C=O) groups excluding carboxylic acids is 1. The molecular weight excluding hydrogens is 297 g/mol. The molecule has 2 rings (SSSR count). The lowest BCUT2D eigenvalue weighted by Gasteiger charge is -2.09. The number of aryl methyl sites for hydroxylation is 1. The van der Waals surface area contributed by atoms with Crippen LogP contribution in [0.15, 0.2) is 18.2 Å². The Morgan fingerprint density at radius 3 is 2.95 bits per heavy atom. The molecule has 0 saturated heterocycles. The summed E-state index contributed by atoms with van der Waals surface area (Å²) in [6.45, 7) is 2.90. The third-order valence-corrected chi connectivity index (χ3v) is 3.48. The van der Waals surface area contributed by atoms with Gasteiger partial charge in [-0.1, -0.05) is 24.6 Å². The molecule has 0 radical (unpaired) electrons. The van der Waals surface area contributed by atoms with Crippen LogP contribution in [0.2, 0.25) is 5.02 Å². The summed E-state index contributed by atoms with van der Waals surface area (Å²) in [5, 5.41) is 3.46. The van der Waals surface area contributed by atoms with Crippen LogP contribution in [0.3, 0.4) is 0 Å². The number of halogens is 2. The van der Waals surface area contributed by atoms with E-state index in [1.165, 1.54) is 0 Å².